The molecule has 0 saturated carbocycles. The number of likely N-dealkylation sites (tertiary alicyclic amines) is 1. The Morgan fingerprint density at radius 1 is 1.16 bits per heavy atom. The molecule has 0 aromatic heterocycles. The van der Waals surface area contributed by atoms with E-state index in [9.17, 15) is 15.0 Å². The lowest BCUT2D eigenvalue weighted by Crippen LogP contribution is -2.30. The first-order valence-electron chi connectivity index (χ1n) is 5.48. The maximum atomic E-state index is 11.6. The van der Waals surface area contributed by atoms with Crippen molar-refractivity contribution in [3.63, 3.8) is 0 Å². The van der Waals surface area contributed by atoms with Gasteiger partial charge in [-0.25, -0.2) is 4.79 Å². The number of rotatable bonds is 2. The Labute approximate surface area is 126 Å². The molecule has 0 aliphatic carbocycles. The standard InChI is InChI=1S/C12H15NO4.2H2S/c14-10-6-13(7-11(10)15)12(16)17-8-9-4-2-1-3-5-9;;/h1-5,10-11,14-15H,6-8H2;2*1H2/t10-,11-;;/m0../s1. The lowest BCUT2D eigenvalue weighted by Gasteiger charge is -2.15. The van der Waals surface area contributed by atoms with Gasteiger partial charge < -0.3 is 19.8 Å². The molecule has 2 atom stereocenters. The van der Waals surface area contributed by atoms with E-state index in [-0.39, 0.29) is 46.7 Å². The number of carbonyl (C=O) groups is 1. The Bertz CT molecular complexity index is 381. The second-order valence-corrected chi connectivity index (χ2v) is 4.08. The molecule has 1 amide bonds. The van der Waals surface area contributed by atoms with Crippen LogP contribution in [0.15, 0.2) is 30.3 Å². The molecule has 1 aromatic carbocycles. The van der Waals surface area contributed by atoms with Gasteiger partial charge in [0, 0.05) is 0 Å². The zero-order valence-corrected chi connectivity index (χ0v) is 12.3. The number of ether oxygens (including phenoxy) is 1. The average molecular weight is 305 g/mol. The zero-order valence-electron chi connectivity index (χ0n) is 10.3. The first-order valence-corrected chi connectivity index (χ1v) is 5.48. The van der Waals surface area contributed by atoms with Crippen molar-refractivity contribution >= 4 is 33.1 Å². The molecule has 108 valence electrons. The summed E-state index contributed by atoms with van der Waals surface area (Å²) in [5.74, 6) is 0. The quantitative estimate of drug-likeness (QED) is 0.839. The summed E-state index contributed by atoms with van der Waals surface area (Å²) in [6.07, 6.45) is -2.26. The van der Waals surface area contributed by atoms with Gasteiger partial charge in [-0.2, -0.15) is 27.0 Å². The summed E-state index contributed by atoms with van der Waals surface area (Å²) in [6.45, 7) is 0.436. The van der Waals surface area contributed by atoms with Crippen molar-refractivity contribution in [1.82, 2.24) is 4.90 Å². The third kappa shape index (κ3) is 4.94. The molecule has 1 aliphatic rings. The van der Waals surface area contributed by atoms with E-state index in [4.69, 9.17) is 4.74 Å². The van der Waals surface area contributed by atoms with Crippen LogP contribution in [0.1, 0.15) is 5.56 Å². The van der Waals surface area contributed by atoms with Crippen LogP contribution in [0.25, 0.3) is 0 Å². The van der Waals surface area contributed by atoms with E-state index in [1.807, 2.05) is 30.3 Å². The van der Waals surface area contributed by atoms with Crippen molar-refractivity contribution in [2.45, 2.75) is 18.8 Å². The number of amides is 1. The van der Waals surface area contributed by atoms with E-state index in [1.165, 1.54) is 4.90 Å². The predicted octanol–water partition coefficient (Wildman–Crippen LogP) is 0.586. The summed E-state index contributed by atoms with van der Waals surface area (Å²) in [6, 6.07) is 9.35. The maximum absolute atomic E-state index is 11.6. The number of aliphatic hydroxyl groups is 2. The molecule has 2 N–H and O–H groups in total. The molecule has 7 heteroatoms. The molecule has 1 aliphatic heterocycles. The Hall–Kier alpha value is -0.890. The summed E-state index contributed by atoms with van der Waals surface area (Å²) < 4.78 is 5.07. The molecular weight excluding hydrogens is 286 g/mol. The van der Waals surface area contributed by atoms with Gasteiger partial charge in [0.2, 0.25) is 0 Å². The fourth-order valence-electron chi connectivity index (χ4n) is 1.73. The van der Waals surface area contributed by atoms with Gasteiger partial charge >= 0.3 is 6.09 Å². The van der Waals surface area contributed by atoms with E-state index in [0.29, 0.717) is 0 Å². The third-order valence-corrected chi connectivity index (χ3v) is 2.72. The SMILES string of the molecule is O=C(OCc1ccccc1)N1C[C@H](O)[C@@H](O)C1.S.S. The van der Waals surface area contributed by atoms with Crippen molar-refractivity contribution < 1.29 is 19.7 Å². The smallest absolute Gasteiger partial charge is 0.410 e. The highest BCUT2D eigenvalue weighted by Gasteiger charge is 2.33. The first-order chi connectivity index (χ1) is 8.16. The first kappa shape index (κ1) is 18.1. The van der Waals surface area contributed by atoms with Crippen molar-refractivity contribution in [3.05, 3.63) is 35.9 Å². The van der Waals surface area contributed by atoms with Gasteiger partial charge in [0.15, 0.2) is 0 Å². The molecular formula is C12H19NO4S2. The summed E-state index contributed by atoms with van der Waals surface area (Å²) in [5.41, 5.74) is 0.904. The van der Waals surface area contributed by atoms with Crippen LogP contribution in [0.3, 0.4) is 0 Å². The highest BCUT2D eigenvalue weighted by molar-refractivity contribution is 7.59. The van der Waals surface area contributed by atoms with Gasteiger partial charge in [-0.05, 0) is 5.56 Å². The minimum Gasteiger partial charge on any atom is -0.445 e. The van der Waals surface area contributed by atoms with Crippen molar-refractivity contribution in [2.24, 2.45) is 0 Å². The summed E-state index contributed by atoms with van der Waals surface area (Å²) >= 11 is 0. The molecule has 1 saturated heterocycles. The molecule has 19 heavy (non-hydrogen) atoms. The van der Waals surface area contributed by atoms with Crippen LogP contribution in [-0.4, -0.2) is 46.5 Å². The number of hydrogen-bond donors (Lipinski definition) is 2. The minimum absolute atomic E-state index is 0. The second kappa shape index (κ2) is 8.31. The molecule has 1 heterocycles. The van der Waals surface area contributed by atoms with E-state index in [0.717, 1.165) is 5.56 Å². The molecule has 1 aromatic rings. The van der Waals surface area contributed by atoms with E-state index < -0.39 is 18.3 Å². The highest BCUT2D eigenvalue weighted by Crippen LogP contribution is 2.12. The van der Waals surface area contributed by atoms with Crippen molar-refractivity contribution in [1.29, 1.82) is 0 Å². The Morgan fingerprint density at radius 2 is 1.68 bits per heavy atom. The minimum atomic E-state index is -0.876. The van der Waals surface area contributed by atoms with Crippen LogP contribution < -0.4 is 0 Å². The van der Waals surface area contributed by atoms with Crippen molar-refractivity contribution in [2.75, 3.05) is 13.1 Å². The molecule has 5 nitrogen and oxygen atoms in total. The molecule has 0 spiro atoms. The lowest BCUT2D eigenvalue weighted by molar-refractivity contribution is 0.0572. The maximum Gasteiger partial charge on any atom is 0.410 e. The van der Waals surface area contributed by atoms with Crippen molar-refractivity contribution in [3.8, 4) is 0 Å². The Kier molecular flexibility index (Phi) is 7.93. The molecule has 1 fully saturated rings. The monoisotopic (exact) mass is 305 g/mol. The van der Waals surface area contributed by atoms with Crippen LogP contribution in [0, 0.1) is 0 Å². The molecule has 0 unspecified atom stereocenters. The molecule has 0 bridgehead atoms. The van der Waals surface area contributed by atoms with Gasteiger partial charge in [-0.3, -0.25) is 0 Å². The normalized spacial score (nSPS) is 21.3. The number of β-amino-alcohol motifs (C(OH)–C–C–N with tert-alkyl or cyclic N) is 2. The van der Waals surface area contributed by atoms with Gasteiger partial charge in [-0.15, -0.1) is 0 Å². The predicted molar refractivity (Wildman–Crippen MR) is 81.0 cm³/mol. The molecule has 0 radical (unpaired) electrons. The number of nitrogens with zero attached hydrogens (tertiary/aromatic N) is 1. The van der Waals surface area contributed by atoms with Gasteiger partial charge in [0.25, 0.3) is 0 Å². The van der Waals surface area contributed by atoms with Crippen LogP contribution >= 0.6 is 27.0 Å². The van der Waals surface area contributed by atoms with Gasteiger partial charge in [0.05, 0.1) is 25.3 Å². The van der Waals surface area contributed by atoms with Gasteiger partial charge in [-0.1, -0.05) is 30.3 Å². The van der Waals surface area contributed by atoms with Gasteiger partial charge in [0.1, 0.15) is 6.61 Å². The molecule has 2 rings (SSSR count). The number of hydrogen-bond acceptors (Lipinski definition) is 4. The number of aliphatic hydroxyl groups excluding tert-OH is 2. The van der Waals surface area contributed by atoms with E-state index in [2.05, 4.69) is 0 Å². The topological polar surface area (TPSA) is 70.0 Å². The van der Waals surface area contributed by atoms with E-state index in [1.54, 1.807) is 0 Å². The van der Waals surface area contributed by atoms with E-state index >= 15 is 0 Å². The second-order valence-electron chi connectivity index (χ2n) is 4.08. The fraction of sp³-hybridized carbons (Fsp3) is 0.417. The summed E-state index contributed by atoms with van der Waals surface area (Å²) in [4.78, 5) is 12.9. The van der Waals surface area contributed by atoms with Crippen LogP contribution in [0.4, 0.5) is 4.79 Å². The average Bonchev–Trinajstić information content (AvgIpc) is 2.68. The number of carbonyl (C=O) groups excluding carboxylic acids is 1. The third-order valence-electron chi connectivity index (χ3n) is 2.72. The summed E-state index contributed by atoms with van der Waals surface area (Å²) in [5, 5.41) is 18.6. The Morgan fingerprint density at radius 3 is 2.21 bits per heavy atom. The number of benzene rings is 1. The van der Waals surface area contributed by atoms with Crippen LogP contribution in [0.2, 0.25) is 0 Å². The fourth-order valence-corrected chi connectivity index (χ4v) is 1.73. The zero-order chi connectivity index (χ0) is 12.3. The Balaban J connectivity index is 0.00000162. The highest BCUT2D eigenvalue weighted by atomic mass is 32.1. The van der Waals surface area contributed by atoms with Crippen LogP contribution in [0.5, 0.6) is 0 Å². The van der Waals surface area contributed by atoms with Crippen LogP contribution in [-0.2, 0) is 11.3 Å². The largest absolute Gasteiger partial charge is 0.445 e. The summed E-state index contributed by atoms with van der Waals surface area (Å²) in [7, 11) is 0. The lowest BCUT2D eigenvalue weighted by atomic mass is 10.2.